The summed E-state index contributed by atoms with van der Waals surface area (Å²) in [7, 11) is 0. The van der Waals surface area contributed by atoms with E-state index in [2.05, 4.69) is 5.32 Å². The maximum Gasteiger partial charge on any atom is 0.335 e. The van der Waals surface area contributed by atoms with Gasteiger partial charge < -0.3 is 10.4 Å². The van der Waals surface area contributed by atoms with Gasteiger partial charge in [-0.05, 0) is 30.0 Å². The molecule has 4 heteroatoms. The van der Waals surface area contributed by atoms with Gasteiger partial charge in [-0.2, -0.15) is 0 Å². The van der Waals surface area contributed by atoms with Crippen LogP contribution in [0.4, 0.5) is 0 Å². The minimum atomic E-state index is -0.902. The predicted molar refractivity (Wildman–Crippen MR) is 58.3 cm³/mol. The highest BCUT2D eigenvalue weighted by molar-refractivity contribution is 5.90. The third kappa shape index (κ3) is 1.78. The Morgan fingerprint density at radius 1 is 1.44 bits per heavy atom. The number of carboxylic acid groups (broad SMARTS) is 1. The third-order valence-corrected chi connectivity index (χ3v) is 2.88. The van der Waals surface area contributed by atoms with Gasteiger partial charge in [0, 0.05) is 6.92 Å². The lowest BCUT2D eigenvalue weighted by Crippen LogP contribution is -2.24. The molecule has 2 rings (SSSR count). The van der Waals surface area contributed by atoms with Crippen LogP contribution in [0.15, 0.2) is 18.2 Å². The number of rotatable bonds is 2. The largest absolute Gasteiger partial charge is 0.478 e. The summed E-state index contributed by atoms with van der Waals surface area (Å²) in [4.78, 5) is 22.0. The van der Waals surface area contributed by atoms with Gasteiger partial charge in [0.1, 0.15) is 0 Å². The van der Waals surface area contributed by atoms with E-state index in [9.17, 15) is 9.59 Å². The minimum Gasteiger partial charge on any atom is -0.478 e. The Kier molecular flexibility index (Phi) is 2.64. The predicted octanol–water partition coefficient (Wildman–Crippen LogP) is 1.51. The number of carbonyl (C=O) groups is 2. The highest BCUT2D eigenvalue weighted by Crippen LogP contribution is 2.33. The topological polar surface area (TPSA) is 66.4 Å². The second-order valence-corrected chi connectivity index (χ2v) is 3.97. The molecule has 0 aliphatic heterocycles. The van der Waals surface area contributed by atoms with Gasteiger partial charge in [-0.1, -0.05) is 12.1 Å². The quantitative estimate of drug-likeness (QED) is 0.792. The highest BCUT2D eigenvalue weighted by atomic mass is 16.4. The molecule has 2 N–H and O–H groups in total. The molecule has 1 aliphatic rings. The van der Waals surface area contributed by atoms with E-state index >= 15 is 0 Å². The molecule has 1 aliphatic carbocycles. The van der Waals surface area contributed by atoms with Crippen molar-refractivity contribution in [1.29, 1.82) is 0 Å². The van der Waals surface area contributed by atoms with Crippen molar-refractivity contribution in [3.8, 4) is 0 Å². The van der Waals surface area contributed by atoms with Crippen LogP contribution in [0, 0.1) is 0 Å². The number of hydrogen-bond acceptors (Lipinski definition) is 2. The Morgan fingerprint density at radius 2 is 2.19 bits per heavy atom. The molecule has 1 amide bonds. The molecule has 1 aromatic carbocycles. The summed E-state index contributed by atoms with van der Waals surface area (Å²) in [6.07, 6.45) is 1.49. The maximum absolute atomic E-state index is 11.0. The summed E-state index contributed by atoms with van der Waals surface area (Å²) < 4.78 is 0. The zero-order valence-corrected chi connectivity index (χ0v) is 8.99. The van der Waals surface area contributed by atoms with E-state index < -0.39 is 5.97 Å². The average molecular weight is 219 g/mol. The molecule has 0 heterocycles. The number of carbonyl (C=O) groups excluding carboxylic acids is 1. The number of hydrogen-bond donors (Lipinski definition) is 2. The van der Waals surface area contributed by atoms with E-state index in [1.54, 1.807) is 12.1 Å². The molecule has 16 heavy (non-hydrogen) atoms. The lowest BCUT2D eigenvalue weighted by molar-refractivity contribution is -0.119. The fraction of sp³-hybridized carbons (Fsp3) is 0.333. The molecule has 0 aromatic heterocycles. The smallest absolute Gasteiger partial charge is 0.335 e. The Balaban J connectivity index is 2.37. The first-order valence-corrected chi connectivity index (χ1v) is 5.22. The lowest BCUT2D eigenvalue weighted by atomic mass is 10.0. The van der Waals surface area contributed by atoms with Crippen LogP contribution >= 0.6 is 0 Å². The standard InChI is InChI=1S/C12H13NO3/c1-7(14)13-11-6-5-8-9(11)3-2-4-10(8)12(15)16/h2-4,11H,5-6H2,1H3,(H,13,14)(H,15,16)/t11-/m1/s1. The van der Waals surface area contributed by atoms with Crippen molar-refractivity contribution in [2.24, 2.45) is 0 Å². The lowest BCUT2D eigenvalue weighted by Gasteiger charge is -2.12. The maximum atomic E-state index is 11.0. The van der Waals surface area contributed by atoms with Crippen molar-refractivity contribution in [3.63, 3.8) is 0 Å². The molecule has 0 saturated carbocycles. The third-order valence-electron chi connectivity index (χ3n) is 2.88. The number of fused-ring (bicyclic) bond motifs is 1. The molecule has 0 fully saturated rings. The summed E-state index contributed by atoms with van der Waals surface area (Å²) in [6.45, 7) is 1.47. The zero-order chi connectivity index (χ0) is 11.7. The van der Waals surface area contributed by atoms with E-state index in [1.165, 1.54) is 6.92 Å². The molecule has 1 aromatic rings. The van der Waals surface area contributed by atoms with Crippen LogP contribution in [0.2, 0.25) is 0 Å². The van der Waals surface area contributed by atoms with E-state index in [4.69, 9.17) is 5.11 Å². The fourth-order valence-electron chi connectivity index (χ4n) is 2.25. The van der Waals surface area contributed by atoms with Crippen molar-refractivity contribution in [1.82, 2.24) is 5.32 Å². The number of carboxylic acids is 1. The van der Waals surface area contributed by atoms with Crippen LogP contribution in [0.25, 0.3) is 0 Å². The first kappa shape index (κ1) is 10.7. The molecule has 0 unspecified atom stereocenters. The van der Waals surface area contributed by atoms with Crippen molar-refractivity contribution in [2.75, 3.05) is 0 Å². The van der Waals surface area contributed by atoms with Gasteiger partial charge in [-0.15, -0.1) is 0 Å². The molecule has 0 radical (unpaired) electrons. The van der Waals surface area contributed by atoms with Gasteiger partial charge in [-0.25, -0.2) is 4.79 Å². The molecular formula is C12H13NO3. The second kappa shape index (κ2) is 3.96. The number of amides is 1. The zero-order valence-electron chi connectivity index (χ0n) is 8.99. The van der Waals surface area contributed by atoms with Gasteiger partial charge in [0.25, 0.3) is 0 Å². The number of aromatic carboxylic acids is 1. The monoisotopic (exact) mass is 219 g/mol. The Morgan fingerprint density at radius 3 is 2.81 bits per heavy atom. The van der Waals surface area contributed by atoms with Gasteiger partial charge >= 0.3 is 5.97 Å². The summed E-state index contributed by atoms with van der Waals surface area (Å²) in [5.41, 5.74) is 2.15. The molecule has 0 saturated heterocycles. The summed E-state index contributed by atoms with van der Waals surface area (Å²) >= 11 is 0. The summed E-state index contributed by atoms with van der Waals surface area (Å²) in [6, 6.07) is 5.18. The normalized spacial score (nSPS) is 17.9. The Bertz CT molecular complexity index is 454. The second-order valence-electron chi connectivity index (χ2n) is 3.97. The van der Waals surface area contributed by atoms with Crippen LogP contribution in [0.5, 0.6) is 0 Å². The SMILES string of the molecule is CC(=O)N[C@@H]1CCc2c(C(=O)O)cccc21. The molecule has 84 valence electrons. The molecule has 0 bridgehead atoms. The van der Waals surface area contributed by atoms with E-state index in [0.717, 1.165) is 17.5 Å². The van der Waals surface area contributed by atoms with Crippen LogP contribution in [0.3, 0.4) is 0 Å². The Hall–Kier alpha value is -1.84. The average Bonchev–Trinajstić information content (AvgIpc) is 2.60. The van der Waals surface area contributed by atoms with Gasteiger partial charge in [0.2, 0.25) is 5.91 Å². The van der Waals surface area contributed by atoms with Crippen molar-refractivity contribution in [3.05, 3.63) is 34.9 Å². The van der Waals surface area contributed by atoms with Gasteiger partial charge in [0.05, 0.1) is 11.6 Å². The van der Waals surface area contributed by atoms with Crippen molar-refractivity contribution in [2.45, 2.75) is 25.8 Å². The van der Waals surface area contributed by atoms with Crippen LogP contribution in [0.1, 0.15) is 40.9 Å². The first-order chi connectivity index (χ1) is 7.59. The summed E-state index contributed by atoms with van der Waals surface area (Å²) in [5, 5.41) is 11.9. The fourth-order valence-corrected chi connectivity index (χ4v) is 2.25. The van der Waals surface area contributed by atoms with E-state index in [-0.39, 0.29) is 11.9 Å². The van der Waals surface area contributed by atoms with Crippen LogP contribution < -0.4 is 5.32 Å². The van der Waals surface area contributed by atoms with Crippen molar-refractivity contribution < 1.29 is 14.7 Å². The Labute approximate surface area is 93.3 Å². The molecular weight excluding hydrogens is 206 g/mol. The van der Waals surface area contributed by atoms with Crippen LogP contribution in [-0.2, 0) is 11.2 Å². The highest BCUT2D eigenvalue weighted by Gasteiger charge is 2.26. The number of nitrogens with one attached hydrogen (secondary N) is 1. The van der Waals surface area contributed by atoms with Gasteiger partial charge in [0.15, 0.2) is 0 Å². The molecule has 4 nitrogen and oxygen atoms in total. The van der Waals surface area contributed by atoms with Crippen molar-refractivity contribution >= 4 is 11.9 Å². The number of benzene rings is 1. The molecule has 0 spiro atoms. The summed E-state index contributed by atoms with van der Waals surface area (Å²) in [5.74, 6) is -0.987. The molecule has 1 atom stereocenters. The first-order valence-electron chi connectivity index (χ1n) is 5.22. The van der Waals surface area contributed by atoms with Gasteiger partial charge in [-0.3, -0.25) is 4.79 Å². The van der Waals surface area contributed by atoms with Crippen LogP contribution in [-0.4, -0.2) is 17.0 Å². The van der Waals surface area contributed by atoms with E-state index in [0.29, 0.717) is 12.0 Å². The minimum absolute atomic E-state index is 0.0354. The van der Waals surface area contributed by atoms with E-state index in [1.807, 2.05) is 6.07 Å².